The number of piperidine rings is 1. The number of benzene rings is 2. The normalized spacial score (nSPS) is 22.8. The molecule has 1 aromatic heterocycles. The summed E-state index contributed by atoms with van der Waals surface area (Å²) in [6.07, 6.45) is 5.32. The second-order valence-electron chi connectivity index (χ2n) is 8.34. The van der Waals surface area contributed by atoms with Gasteiger partial charge in [-0.3, -0.25) is 4.90 Å². The van der Waals surface area contributed by atoms with E-state index in [1.807, 2.05) is 24.3 Å². The molecule has 5 rings (SSSR count). The highest BCUT2D eigenvalue weighted by molar-refractivity contribution is 7.22. The van der Waals surface area contributed by atoms with Crippen molar-refractivity contribution in [2.45, 2.75) is 44.7 Å². The first-order valence-electron chi connectivity index (χ1n) is 10.6. The van der Waals surface area contributed by atoms with Crippen LogP contribution in [-0.2, 0) is 0 Å². The molecule has 3 aromatic rings. The number of nitriles is 1. The molecule has 0 amide bonds. The van der Waals surface area contributed by atoms with Gasteiger partial charge in [0.25, 0.3) is 0 Å². The van der Waals surface area contributed by atoms with Crippen LogP contribution < -0.4 is 4.90 Å². The fourth-order valence-electron chi connectivity index (χ4n) is 4.81. The first-order valence-corrected chi connectivity index (χ1v) is 11.4. The molecule has 29 heavy (non-hydrogen) atoms. The summed E-state index contributed by atoms with van der Waals surface area (Å²) < 4.78 is 1.23. The summed E-state index contributed by atoms with van der Waals surface area (Å²) in [4.78, 5) is 10.2. The number of hydrogen-bond acceptors (Lipinski definition) is 5. The molecule has 2 saturated heterocycles. The lowest BCUT2D eigenvalue weighted by Gasteiger charge is -2.37. The zero-order chi connectivity index (χ0) is 19.8. The lowest BCUT2D eigenvalue weighted by molar-refractivity contribution is 0.115. The third-order valence-corrected chi connectivity index (χ3v) is 7.56. The Bertz CT molecular complexity index is 1050. The van der Waals surface area contributed by atoms with Crippen molar-refractivity contribution >= 4 is 26.7 Å². The van der Waals surface area contributed by atoms with E-state index in [9.17, 15) is 0 Å². The van der Waals surface area contributed by atoms with Crippen LogP contribution in [0.1, 0.15) is 38.2 Å². The van der Waals surface area contributed by atoms with E-state index in [0.29, 0.717) is 11.6 Å². The van der Waals surface area contributed by atoms with Gasteiger partial charge in [-0.15, -0.1) is 0 Å². The zero-order valence-electron chi connectivity index (χ0n) is 16.8. The summed E-state index contributed by atoms with van der Waals surface area (Å²) in [5, 5.41) is 10.2. The second kappa shape index (κ2) is 7.78. The summed E-state index contributed by atoms with van der Waals surface area (Å²) in [5.41, 5.74) is 4.10. The molecule has 148 valence electrons. The highest BCUT2D eigenvalue weighted by Crippen LogP contribution is 2.35. The van der Waals surface area contributed by atoms with Gasteiger partial charge >= 0.3 is 0 Å². The van der Waals surface area contributed by atoms with Crippen LogP contribution in [0.3, 0.4) is 0 Å². The topological polar surface area (TPSA) is 43.2 Å². The second-order valence-corrected chi connectivity index (χ2v) is 9.35. The fourth-order valence-corrected chi connectivity index (χ4v) is 5.85. The van der Waals surface area contributed by atoms with Crippen molar-refractivity contribution in [2.24, 2.45) is 0 Å². The molecular formula is C24H26N4S. The molecular weight excluding hydrogens is 376 g/mol. The SMILES string of the molecule is CC1CCCCN1C1CCN(c2nc3ccc(-c4ccc(C#N)cc4)cc3s2)C1. The highest BCUT2D eigenvalue weighted by atomic mass is 32.1. The summed E-state index contributed by atoms with van der Waals surface area (Å²) in [6.45, 7) is 5.86. The van der Waals surface area contributed by atoms with Crippen LogP contribution in [0.25, 0.3) is 21.3 Å². The van der Waals surface area contributed by atoms with Crippen molar-refractivity contribution in [3.05, 3.63) is 48.0 Å². The van der Waals surface area contributed by atoms with E-state index in [1.54, 1.807) is 11.3 Å². The predicted octanol–water partition coefficient (Wildman–Crippen LogP) is 5.29. The molecule has 2 aliphatic heterocycles. The summed E-state index contributed by atoms with van der Waals surface area (Å²) >= 11 is 1.80. The largest absolute Gasteiger partial charge is 0.346 e. The number of nitrogens with zero attached hydrogens (tertiary/aromatic N) is 4. The van der Waals surface area contributed by atoms with Gasteiger partial charge in [0.1, 0.15) is 0 Å². The Morgan fingerprint density at radius 1 is 1.03 bits per heavy atom. The Morgan fingerprint density at radius 2 is 1.86 bits per heavy atom. The van der Waals surface area contributed by atoms with E-state index in [2.05, 4.69) is 41.0 Å². The monoisotopic (exact) mass is 402 g/mol. The zero-order valence-corrected chi connectivity index (χ0v) is 17.7. The molecule has 4 nitrogen and oxygen atoms in total. The van der Waals surface area contributed by atoms with Crippen molar-refractivity contribution in [3.63, 3.8) is 0 Å². The van der Waals surface area contributed by atoms with Crippen LogP contribution >= 0.6 is 11.3 Å². The van der Waals surface area contributed by atoms with Gasteiger partial charge in [-0.2, -0.15) is 5.26 Å². The third kappa shape index (κ3) is 3.63. The van der Waals surface area contributed by atoms with Crippen molar-refractivity contribution in [3.8, 4) is 17.2 Å². The molecule has 3 heterocycles. The number of thiazole rings is 1. The molecule has 0 N–H and O–H groups in total. The number of hydrogen-bond donors (Lipinski definition) is 0. The van der Waals surface area contributed by atoms with Crippen molar-refractivity contribution in [1.29, 1.82) is 5.26 Å². The molecule has 2 unspecified atom stereocenters. The molecule has 2 atom stereocenters. The van der Waals surface area contributed by atoms with Crippen LogP contribution in [0.2, 0.25) is 0 Å². The van der Waals surface area contributed by atoms with Gasteiger partial charge in [0.2, 0.25) is 0 Å². The molecule has 2 aliphatic rings. The lowest BCUT2D eigenvalue weighted by atomic mass is 10.0. The van der Waals surface area contributed by atoms with Gasteiger partial charge in [0, 0.05) is 25.2 Å². The quantitative estimate of drug-likeness (QED) is 0.597. The minimum absolute atomic E-state index is 0.673. The first kappa shape index (κ1) is 18.6. The number of aromatic nitrogens is 1. The highest BCUT2D eigenvalue weighted by Gasteiger charge is 2.32. The number of rotatable bonds is 3. The van der Waals surface area contributed by atoms with E-state index in [4.69, 9.17) is 10.2 Å². The predicted molar refractivity (Wildman–Crippen MR) is 120 cm³/mol. The van der Waals surface area contributed by atoms with E-state index < -0.39 is 0 Å². The van der Waals surface area contributed by atoms with Crippen LogP contribution in [-0.4, -0.2) is 41.6 Å². The van der Waals surface area contributed by atoms with E-state index in [1.165, 1.54) is 42.5 Å². The molecule has 0 radical (unpaired) electrons. The Balaban J connectivity index is 1.35. The summed E-state index contributed by atoms with van der Waals surface area (Å²) in [7, 11) is 0. The molecule has 0 spiro atoms. The van der Waals surface area contributed by atoms with Crippen molar-refractivity contribution in [2.75, 3.05) is 24.5 Å². The average Bonchev–Trinajstić information content (AvgIpc) is 3.40. The van der Waals surface area contributed by atoms with Crippen LogP contribution in [0.5, 0.6) is 0 Å². The Morgan fingerprint density at radius 3 is 2.66 bits per heavy atom. The smallest absolute Gasteiger partial charge is 0.186 e. The summed E-state index contributed by atoms with van der Waals surface area (Å²) in [6, 6.07) is 17.9. The van der Waals surface area contributed by atoms with Crippen LogP contribution in [0.4, 0.5) is 5.13 Å². The van der Waals surface area contributed by atoms with Crippen molar-refractivity contribution in [1.82, 2.24) is 9.88 Å². The lowest BCUT2D eigenvalue weighted by Crippen LogP contribution is -2.46. The van der Waals surface area contributed by atoms with E-state index >= 15 is 0 Å². The molecule has 0 bridgehead atoms. The Labute approximate surface area is 176 Å². The fraction of sp³-hybridized carbons (Fsp3) is 0.417. The van der Waals surface area contributed by atoms with Crippen molar-refractivity contribution < 1.29 is 0 Å². The van der Waals surface area contributed by atoms with Gasteiger partial charge in [-0.1, -0.05) is 36.0 Å². The van der Waals surface area contributed by atoms with Gasteiger partial charge in [0.05, 0.1) is 21.8 Å². The maximum absolute atomic E-state index is 9.00. The van der Waals surface area contributed by atoms with Gasteiger partial charge in [-0.05, 0) is 68.1 Å². The number of anilines is 1. The molecule has 5 heteroatoms. The number of fused-ring (bicyclic) bond motifs is 1. The first-order chi connectivity index (χ1) is 14.2. The average molecular weight is 403 g/mol. The summed E-state index contributed by atoms with van der Waals surface area (Å²) in [5.74, 6) is 0. The third-order valence-electron chi connectivity index (χ3n) is 6.48. The molecule has 2 aromatic carbocycles. The van der Waals surface area contributed by atoms with E-state index in [0.717, 1.165) is 35.3 Å². The van der Waals surface area contributed by atoms with E-state index in [-0.39, 0.29) is 0 Å². The Hall–Kier alpha value is -2.42. The maximum atomic E-state index is 9.00. The molecule has 0 aliphatic carbocycles. The standard InChI is InChI=1S/C24H26N4S/c1-17-4-2-3-12-28(17)21-11-13-27(16-21)24-26-22-10-9-20(14-23(22)29-24)19-7-5-18(15-25)6-8-19/h5-10,14,17,21H,2-4,11-13,16H2,1H3. The molecule has 2 fully saturated rings. The van der Waals surface area contributed by atoms with Crippen LogP contribution in [0.15, 0.2) is 42.5 Å². The minimum Gasteiger partial charge on any atom is -0.346 e. The minimum atomic E-state index is 0.673. The molecule has 0 saturated carbocycles. The van der Waals surface area contributed by atoms with Gasteiger partial charge in [0.15, 0.2) is 5.13 Å². The number of likely N-dealkylation sites (tertiary alicyclic amines) is 1. The van der Waals surface area contributed by atoms with Crippen LogP contribution in [0, 0.1) is 11.3 Å². The van der Waals surface area contributed by atoms with Gasteiger partial charge in [-0.25, -0.2) is 4.98 Å². The maximum Gasteiger partial charge on any atom is 0.186 e. The Kier molecular flexibility index (Phi) is 4.99. The van der Waals surface area contributed by atoms with Gasteiger partial charge < -0.3 is 4.90 Å².